The third-order valence-corrected chi connectivity index (χ3v) is 5.33. The molecule has 2 heteroatoms. The van der Waals surface area contributed by atoms with Crippen molar-refractivity contribution in [2.24, 2.45) is 11.8 Å². The zero-order valence-corrected chi connectivity index (χ0v) is 12.9. The highest BCUT2D eigenvalue weighted by Gasteiger charge is 2.27. The summed E-state index contributed by atoms with van der Waals surface area (Å²) in [5, 5.41) is 3.66. The number of aryl methyl sites for hydroxylation is 1. The predicted octanol–water partition coefficient (Wildman–Crippen LogP) is 3.78. The van der Waals surface area contributed by atoms with Gasteiger partial charge < -0.3 is 5.32 Å². The first-order chi connectivity index (χ1) is 9.74. The molecule has 1 aromatic rings. The second-order valence-corrected chi connectivity index (χ2v) is 6.85. The van der Waals surface area contributed by atoms with Crippen molar-refractivity contribution in [1.29, 1.82) is 0 Å². The maximum Gasteiger partial charge on any atom is 0.0373 e. The fourth-order valence-electron chi connectivity index (χ4n) is 3.83. The van der Waals surface area contributed by atoms with Crippen LogP contribution in [0, 0.1) is 11.8 Å². The highest BCUT2D eigenvalue weighted by atomic mass is 15.2. The Bertz CT molecular complexity index is 406. The lowest BCUT2D eigenvalue weighted by Gasteiger charge is -2.38. The molecule has 2 aliphatic rings. The van der Waals surface area contributed by atoms with Crippen LogP contribution in [0.15, 0.2) is 24.3 Å². The molecule has 110 valence electrons. The standard InChI is InChI=1S/C18H28N2/c1-14(2)15-9-11-20(12-10-15)17-8-7-16-5-3-4-6-18(16)19-13-17/h3-6,14-15,17,19H,7-13H2,1-2H3. The van der Waals surface area contributed by atoms with Gasteiger partial charge in [-0.3, -0.25) is 4.90 Å². The van der Waals surface area contributed by atoms with Crippen molar-refractivity contribution < 1.29 is 0 Å². The molecule has 0 aliphatic carbocycles. The third-order valence-electron chi connectivity index (χ3n) is 5.33. The molecule has 0 aromatic heterocycles. The fraction of sp³-hybridized carbons (Fsp3) is 0.667. The fourth-order valence-corrected chi connectivity index (χ4v) is 3.83. The second-order valence-electron chi connectivity index (χ2n) is 6.85. The van der Waals surface area contributed by atoms with Crippen molar-refractivity contribution in [3.63, 3.8) is 0 Å². The Kier molecular flexibility index (Phi) is 4.30. The summed E-state index contributed by atoms with van der Waals surface area (Å²) in [5.74, 6) is 1.80. The Hall–Kier alpha value is -1.02. The van der Waals surface area contributed by atoms with Crippen LogP contribution in [-0.2, 0) is 6.42 Å². The number of piperidine rings is 1. The van der Waals surface area contributed by atoms with Gasteiger partial charge >= 0.3 is 0 Å². The lowest BCUT2D eigenvalue weighted by atomic mass is 9.86. The molecule has 3 rings (SSSR count). The molecule has 1 saturated heterocycles. The van der Waals surface area contributed by atoms with Crippen LogP contribution < -0.4 is 5.32 Å². The number of hydrogen-bond donors (Lipinski definition) is 1. The molecular formula is C18H28N2. The largest absolute Gasteiger partial charge is 0.383 e. The third kappa shape index (κ3) is 3.01. The minimum absolute atomic E-state index is 0.718. The molecule has 1 N–H and O–H groups in total. The topological polar surface area (TPSA) is 15.3 Å². The van der Waals surface area contributed by atoms with Crippen LogP contribution in [-0.4, -0.2) is 30.6 Å². The number of hydrogen-bond acceptors (Lipinski definition) is 2. The molecule has 2 aliphatic heterocycles. The van der Waals surface area contributed by atoms with Crippen molar-refractivity contribution in [2.75, 3.05) is 25.0 Å². The molecule has 20 heavy (non-hydrogen) atoms. The first-order valence-electron chi connectivity index (χ1n) is 8.30. The Morgan fingerprint density at radius 2 is 1.85 bits per heavy atom. The van der Waals surface area contributed by atoms with E-state index in [1.54, 1.807) is 0 Å². The van der Waals surface area contributed by atoms with Crippen LogP contribution in [0.25, 0.3) is 0 Å². The van der Waals surface area contributed by atoms with E-state index in [2.05, 4.69) is 48.3 Å². The van der Waals surface area contributed by atoms with E-state index in [1.807, 2.05) is 0 Å². The van der Waals surface area contributed by atoms with Crippen molar-refractivity contribution >= 4 is 5.69 Å². The van der Waals surface area contributed by atoms with E-state index in [0.717, 1.165) is 24.4 Å². The van der Waals surface area contributed by atoms with Gasteiger partial charge in [-0.2, -0.15) is 0 Å². The van der Waals surface area contributed by atoms with Gasteiger partial charge in [0.05, 0.1) is 0 Å². The van der Waals surface area contributed by atoms with Gasteiger partial charge in [-0.15, -0.1) is 0 Å². The van der Waals surface area contributed by atoms with Crippen molar-refractivity contribution in [3.05, 3.63) is 29.8 Å². The van der Waals surface area contributed by atoms with E-state index >= 15 is 0 Å². The Balaban J connectivity index is 1.58. The van der Waals surface area contributed by atoms with Crippen LogP contribution in [0.3, 0.4) is 0 Å². The molecule has 0 spiro atoms. The summed E-state index contributed by atoms with van der Waals surface area (Å²) in [6.45, 7) is 8.47. The molecule has 0 bridgehead atoms. The lowest BCUT2D eigenvalue weighted by Crippen LogP contribution is -2.45. The molecule has 0 amide bonds. The summed E-state index contributed by atoms with van der Waals surface area (Å²) in [5.41, 5.74) is 2.85. The minimum atomic E-state index is 0.718. The van der Waals surface area contributed by atoms with Crippen LogP contribution in [0.5, 0.6) is 0 Å². The van der Waals surface area contributed by atoms with Gasteiger partial charge in [-0.25, -0.2) is 0 Å². The number of nitrogens with zero attached hydrogens (tertiary/aromatic N) is 1. The summed E-state index contributed by atoms with van der Waals surface area (Å²) < 4.78 is 0. The summed E-state index contributed by atoms with van der Waals surface area (Å²) in [4.78, 5) is 2.73. The monoisotopic (exact) mass is 272 g/mol. The van der Waals surface area contributed by atoms with Crippen LogP contribution >= 0.6 is 0 Å². The smallest absolute Gasteiger partial charge is 0.0373 e. The summed E-state index contributed by atoms with van der Waals surface area (Å²) in [6, 6.07) is 9.52. The average Bonchev–Trinajstić information content (AvgIpc) is 2.70. The molecule has 0 saturated carbocycles. The highest BCUT2D eigenvalue weighted by molar-refractivity contribution is 5.52. The maximum atomic E-state index is 3.66. The number of anilines is 1. The Morgan fingerprint density at radius 3 is 2.60 bits per heavy atom. The van der Waals surface area contributed by atoms with E-state index < -0.39 is 0 Å². The van der Waals surface area contributed by atoms with E-state index in [1.165, 1.54) is 50.0 Å². The van der Waals surface area contributed by atoms with Gasteiger partial charge in [0.15, 0.2) is 0 Å². The Labute approximate surface area is 123 Å². The van der Waals surface area contributed by atoms with E-state index in [9.17, 15) is 0 Å². The van der Waals surface area contributed by atoms with E-state index in [0.29, 0.717) is 0 Å². The van der Waals surface area contributed by atoms with Crippen LogP contribution in [0.4, 0.5) is 5.69 Å². The quantitative estimate of drug-likeness (QED) is 0.881. The molecular weight excluding hydrogens is 244 g/mol. The van der Waals surface area contributed by atoms with Crippen molar-refractivity contribution in [2.45, 2.75) is 45.6 Å². The molecule has 1 aromatic carbocycles. The molecule has 1 fully saturated rings. The second kappa shape index (κ2) is 6.17. The van der Waals surface area contributed by atoms with E-state index in [-0.39, 0.29) is 0 Å². The van der Waals surface area contributed by atoms with Crippen molar-refractivity contribution in [3.8, 4) is 0 Å². The van der Waals surface area contributed by atoms with Crippen molar-refractivity contribution in [1.82, 2.24) is 4.90 Å². The molecule has 2 heterocycles. The number of fused-ring (bicyclic) bond motifs is 1. The summed E-state index contributed by atoms with van der Waals surface area (Å²) in [6.07, 6.45) is 5.30. The number of likely N-dealkylation sites (tertiary alicyclic amines) is 1. The van der Waals surface area contributed by atoms with Crippen LogP contribution in [0.2, 0.25) is 0 Å². The molecule has 1 unspecified atom stereocenters. The van der Waals surface area contributed by atoms with E-state index in [4.69, 9.17) is 0 Å². The highest BCUT2D eigenvalue weighted by Crippen LogP contribution is 2.28. The zero-order chi connectivity index (χ0) is 13.9. The number of nitrogens with one attached hydrogen (secondary N) is 1. The molecule has 2 nitrogen and oxygen atoms in total. The van der Waals surface area contributed by atoms with Gasteiger partial charge in [0.25, 0.3) is 0 Å². The average molecular weight is 272 g/mol. The maximum absolute atomic E-state index is 3.66. The van der Waals surface area contributed by atoms with Gasteiger partial charge in [0.1, 0.15) is 0 Å². The first-order valence-corrected chi connectivity index (χ1v) is 8.30. The van der Waals surface area contributed by atoms with Gasteiger partial charge in [0, 0.05) is 18.3 Å². The Morgan fingerprint density at radius 1 is 1.10 bits per heavy atom. The normalized spacial score (nSPS) is 25.1. The SMILES string of the molecule is CC(C)C1CCN(C2CCc3ccccc3NC2)CC1. The van der Waals surface area contributed by atoms with Gasteiger partial charge in [-0.05, 0) is 62.2 Å². The van der Waals surface area contributed by atoms with Gasteiger partial charge in [0.2, 0.25) is 0 Å². The van der Waals surface area contributed by atoms with Crippen LogP contribution in [0.1, 0.15) is 38.7 Å². The number of para-hydroxylation sites is 1. The summed E-state index contributed by atoms with van der Waals surface area (Å²) >= 11 is 0. The number of benzene rings is 1. The minimum Gasteiger partial charge on any atom is -0.383 e. The predicted molar refractivity (Wildman–Crippen MR) is 86.2 cm³/mol. The molecule has 1 atom stereocenters. The number of rotatable bonds is 2. The molecule has 0 radical (unpaired) electrons. The first kappa shape index (κ1) is 13.9. The lowest BCUT2D eigenvalue weighted by molar-refractivity contribution is 0.115. The zero-order valence-electron chi connectivity index (χ0n) is 12.9. The van der Waals surface area contributed by atoms with Gasteiger partial charge in [-0.1, -0.05) is 32.0 Å². The summed E-state index contributed by atoms with van der Waals surface area (Å²) in [7, 11) is 0.